The monoisotopic (exact) mass is 259 g/mol. The van der Waals surface area contributed by atoms with Crippen molar-refractivity contribution in [2.24, 2.45) is 0 Å². The van der Waals surface area contributed by atoms with E-state index in [0.29, 0.717) is 13.2 Å². The Morgan fingerprint density at radius 2 is 2.11 bits per heavy atom. The van der Waals surface area contributed by atoms with Gasteiger partial charge in [-0.3, -0.25) is 4.79 Å². The molecule has 0 bridgehead atoms. The van der Waals surface area contributed by atoms with E-state index in [1.807, 2.05) is 25.1 Å². The maximum absolute atomic E-state index is 10.9. The molecule has 1 saturated heterocycles. The van der Waals surface area contributed by atoms with Crippen LogP contribution in [-0.2, 0) is 9.53 Å². The van der Waals surface area contributed by atoms with Crippen LogP contribution in [0.5, 0.6) is 0 Å². The van der Waals surface area contributed by atoms with Crippen molar-refractivity contribution in [3.63, 3.8) is 0 Å². The molecule has 0 radical (unpaired) electrons. The minimum atomic E-state index is -0.300. The Morgan fingerprint density at radius 1 is 1.42 bits per heavy atom. The van der Waals surface area contributed by atoms with Gasteiger partial charge in [-0.25, -0.2) is 0 Å². The molecule has 1 aliphatic heterocycles. The first-order valence-electron chi connectivity index (χ1n) is 6.34. The molecule has 0 aromatic heterocycles. The minimum absolute atomic E-state index is 0.0350. The highest BCUT2D eigenvalue weighted by Gasteiger charge is 2.18. The molecule has 0 saturated carbocycles. The molecule has 0 spiro atoms. The topological polar surface area (TPSA) is 38.3 Å². The fraction of sp³-hybridized carbons (Fsp3) is 0.312. The van der Waals surface area contributed by atoms with Crippen molar-refractivity contribution in [2.75, 3.05) is 19.7 Å². The molecule has 2 rings (SSSR count). The Bertz CT molecular complexity index is 420. The lowest BCUT2D eigenvalue weighted by molar-refractivity contribution is -0.126. The van der Waals surface area contributed by atoms with Gasteiger partial charge < -0.3 is 10.1 Å². The third-order valence-electron chi connectivity index (χ3n) is 2.71. The molecule has 1 unspecified atom stereocenters. The standard InChI is InChI=1S/C9H10.C7H11NO2/c1-8(2)9-6-4-3-5-7-9;1-2-6(9)7-5-8-3-4-10-7/h3-7H,1H2,2H3;2,7-8H,1,3-5H2. The van der Waals surface area contributed by atoms with Gasteiger partial charge in [-0.2, -0.15) is 0 Å². The Labute approximate surface area is 115 Å². The fourth-order valence-corrected chi connectivity index (χ4v) is 1.60. The van der Waals surface area contributed by atoms with Crippen LogP contribution in [0.15, 0.2) is 49.6 Å². The summed E-state index contributed by atoms with van der Waals surface area (Å²) in [5.74, 6) is -0.0350. The molecule has 0 amide bonds. The molecule has 1 aromatic carbocycles. The molecule has 1 fully saturated rings. The number of carbonyl (C=O) groups excluding carboxylic acids is 1. The number of carbonyl (C=O) groups is 1. The van der Waals surface area contributed by atoms with Gasteiger partial charge in [0.2, 0.25) is 0 Å². The summed E-state index contributed by atoms with van der Waals surface area (Å²) in [5, 5.41) is 3.06. The molecule has 0 aliphatic carbocycles. The van der Waals surface area contributed by atoms with E-state index in [2.05, 4.69) is 30.6 Å². The Hall–Kier alpha value is -1.71. The van der Waals surface area contributed by atoms with E-state index in [1.54, 1.807) is 0 Å². The van der Waals surface area contributed by atoms with Crippen molar-refractivity contribution in [2.45, 2.75) is 13.0 Å². The SMILES string of the molecule is C=C(C)c1ccccc1.C=CC(=O)C1CNCCO1. The van der Waals surface area contributed by atoms with Crippen molar-refractivity contribution >= 4 is 11.4 Å². The first kappa shape index (κ1) is 15.3. The molecule has 3 heteroatoms. The van der Waals surface area contributed by atoms with Crippen LogP contribution >= 0.6 is 0 Å². The molecule has 102 valence electrons. The maximum atomic E-state index is 10.9. The number of benzene rings is 1. The number of ether oxygens (including phenoxy) is 1. The number of hydrogen-bond acceptors (Lipinski definition) is 3. The van der Waals surface area contributed by atoms with Gasteiger partial charge in [0.25, 0.3) is 0 Å². The zero-order valence-electron chi connectivity index (χ0n) is 11.4. The summed E-state index contributed by atoms with van der Waals surface area (Å²) < 4.78 is 5.15. The zero-order valence-corrected chi connectivity index (χ0v) is 11.4. The average molecular weight is 259 g/mol. The molecule has 19 heavy (non-hydrogen) atoms. The first-order chi connectivity index (χ1) is 9.15. The summed E-state index contributed by atoms with van der Waals surface area (Å²) in [6.07, 6.45) is 1.00. The Morgan fingerprint density at radius 3 is 2.53 bits per heavy atom. The zero-order chi connectivity index (χ0) is 14.1. The van der Waals surface area contributed by atoms with Gasteiger partial charge >= 0.3 is 0 Å². The molecular formula is C16H21NO2. The van der Waals surface area contributed by atoms with Crippen LogP contribution in [-0.4, -0.2) is 31.6 Å². The third-order valence-corrected chi connectivity index (χ3v) is 2.71. The largest absolute Gasteiger partial charge is 0.367 e. The van der Waals surface area contributed by atoms with E-state index in [0.717, 1.165) is 12.1 Å². The second-order valence-electron chi connectivity index (χ2n) is 4.32. The normalized spacial score (nSPS) is 17.8. The molecule has 1 heterocycles. The lowest BCUT2D eigenvalue weighted by Crippen LogP contribution is -2.42. The van der Waals surface area contributed by atoms with E-state index in [4.69, 9.17) is 4.74 Å². The van der Waals surface area contributed by atoms with E-state index in [-0.39, 0.29) is 11.9 Å². The van der Waals surface area contributed by atoms with Crippen LogP contribution in [0.3, 0.4) is 0 Å². The molecular weight excluding hydrogens is 238 g/mol. The Balaban J connectivity index is 0.000000191. The van der Waals surface area contributed by atoms with Gasteiger partial charge in [0.15, 0.2) is 5.78 Å². The first-order valence-corrected chi connectivity index (χ1v) is 6.34. The lowest BCUT2D eigenvalue weighted by Gasteiger charge is -2.20. The highest BCUT2D eigenvalue weighted by Crippen LogP contribution is 2.08. The summed E-state index contributed by atoms with van der Waals surface area (Å²) in [6, 6.07) is 10.2. The van der Waals surface area contributed by atoms with Gasteiger partial charge in [0, 0.05) is 13.1 Å². The maximum Gasteiger partial charge on any atom is 0.185 e. The van der Waals surface area contributed by atoms with Gasteiger partial charge in [0.1, 0.15) is 6.10 Å². The highest BCUT2D eigenvalue weighted by molar-refractivity contribution is 5.93. The second kappa shape index (κ2) is 8.40. The third kappa shape index (κ3) is 5.64. The smallest absolute Gasteiger partial charge is 0.185 e. The van der Waals surface area contributed by atoms with Crippen LogP contribution in [0.2, 0.25) is 0 Å². The lowest BCUT2D eigenvalue weighted by atomic mass is 10.1. The van der Waals surface area contributed by atoms with Crippen LogP contribution in [0.25, 0.3) is 5.57 Å². The van der Waals surface area contributed by atoms with Crippen molar-refractivity contribution in [1.82, 2.24) is 5.32 Å². The number of hydrogen-bond donors (Lipinski definition) is 1. The van der Waals surface area contributed by atoms with Gasteiger partial charge in [0.05, 0.1) is 6.61 Å². The summed E-state index contributed by atoms with van der Waals surface area (Å²) in [6.45, 7) is 11.3. The number of allylic oxidation sites excluding steroid dienone is 1. The minimum Gasteiger partial charge on any atom is -0.367 e. The molecule has 3 nitrogen and oxygen atoms in total. The van der Waals surface area contributed by atoms with Crippen LogP contribution in [0.4, 0.5) is 0 Å². The van der Waals surface area contributed by atoms with Gasteiger partial charge in [-0.15, -0.1) is 0 Å². The highest BCUT2D eigenvalue weighted by atomic mass is 16.5. The van der Waals surface area contributed by atoms with Crippen molar-refractivity contribution < 1.29 is 9.53 Å². The van der Waals surface area contributed by atoms with Crippen LogP contribution in [0, 0.1) is 0 Å². The van der Waals surface area contributed by atoms with E-state index in [1.165, 1.54) is 11.6 Å². The summed E-state index contributed by atoms with van der Waals surface area (Å²) in [4.78, 5) is 10.9. The van der Waals surface area contributed by atoms with Gasteiger partial charge in [-0.1, -0.05) is 49.1 Å². The Kier molecular flexibility index (Phi) is 6.79. The second-order valence-corrected chi connectivity index (χ2v) is 4.32. The van der Waals surface area contributed by atoms with Crippen molar-refractivity contribution in [3.05, 3.63) is 55.1 Å². The summed E-state index contributed by atoms with van der Waals surface area (Å²) in [5.41, 5.74) is 2.34. The van der Waals surface area contributed by atoms with E-state index < -0.39 is 0 Å². The van der Waals surface area contributed by atoms with Crippen LogP contribution < -0.4 is 5.32 Å². The quantitative estimate of drug-likeness (QED) is 0.847. The molecule has 1 aromatic rings. The van der Waals surface area contributed by atoms with Crippen LogP contribution in [0.1, 0.15) is 12.5 Å². The number of rotatable bonds is 3. The predicted molar refractivity (Wildman–Crippen MR) is 79.0 cm³/mol. The number of morpholine rings is 1. The molecule has 1 N–H and O–H groups in total. The van der Waals surface area contributed by atoms with E-state index in [9.17, 15) is 4.79 Å². The molecule has 1 aliphatic rings. The number of ketones is 1. The van der Waals surface area contributed by atoms with Crippen molar-refractivity contribution in [3.8, 4) is 0 Å². The summed E-state index contributed by atoms with van der Waals surface area (Å²) >= 11 is 0. The predicted octanol–water partition coefficient (Wildman–Crippen LogP) is 2.45. The van der Waals surface area contributed by atoms with Crippen molar-refractivity contribution in [1.29, 1.82) is 0 Å². The van der Waals surface area contributed by atoms with Gasteiger partial charge in [-0.05, 0) is 18.6 Å². The fourth-order valence-electron chi connectivity index (χ4n) is 1.60. The molecule has 1 atom stereocenters. The summed E-state index contributed by atoms with van der Waals surface area (Å²) in [7, 11) is 0. The van der Waals surface area contributed by atoms with E-state index >= 15 is 0 Å². The average Bonchev–Trinajstić information content (AvgIpc) is 2.49. The number of nitrogens with one attached hydrogen (secondary N) is 1.